The maximum absolute atomic E-state index is 14.4. The maximum Gasteiger partial charge on any atom is 0.180 e. The van der Waals surface area contributed by atoms with Crippen LogP contribution in [0.15, 0.2) is 36.7 Å². The molecule has 2 atom stereocenters. The van der Waals surface area contributed by atoms with Gasteiger partial charge in [0.15, 0.2) is 10.8 Å². The zero-order valence-corrected chi connectivity index (χ0v) is 16.7. The highest BCUT2D eigenvalue weighted by Crippen LogP contribution is 2.37. The van der Waals surface area contributed by atoms with Crippen molar-refractivity contribution in [3.05, 3.63) is 53.9 Å². The molecule has 5 rings (SSSR count). The van der Waals surface area contributed by atoms with Gasteiger partial charge in [-0.3, -0.25) is 0 Å². The number of β-amino-alcohol motifs (C(OH)–C–C–N with tert-alkyl or cyclic N) is 1. The molecule has 3 N–H and O–H groups in total. The van der Waals surface area contributed by atoms with Gasteiger partial charge in [0, 0.05) is 24.3 Å². The Hall–Kier alpha value is -2.85. The number of benzene rings is 1. The molecule has 10 heteroatoms. The number of nitrogens with one attached hydrogen (secondary N) is 2. The van der Waals surface area contributed by atoms with Crippen LogP contribution in [0.4, 0.5) is 20.3 Å². The van der Waals surface area contributed by atoms with Gasteiger partial charge in [0.05, 0.1) is 18.3 Å². The van der Waals surface area contributed by atoms with Crippen molar-refractivity contribution in [3.8, 4) is 0 Å². The molecule has 156 valence electrons. The summed E-state index contributed by atoms with van der Waals surface area (Å²) in [4.78, 5) is 6.47. The number of anilines is 2. The molecule has 1 saturated carbocycles. The highest BCUT2D eigenvalue weighted by molar-refractivity contribution is 7.80. The molecule has 1 aliphatic carbocycles. The Labute approximate surface area is 176 Å². The molecule has 3 aromatic rings. The van der Waals surface area contributed by atoms with Gasteiger partial charge >= 0.3 is 0 Å². The van der Waals surface area contributed by atoms with Crippen LogP contribution in [-0.4, -0.2) is 43.5 Å². The molecule has 0 unspecified atom stereocenters. The highest BCUT2D eigenvalue weighted by atomic mass is 32.1. The summed E-state index contributed by atoms with van der Waals surface area (Å²) in [6.07, 6.45) is 5.20. The first kappa shape index (κ1) is 19.1. The van der Waals surface area contributed by atoms with Crippen LogP contribution in [0.25, 0.3) is 5.65 Å². The number of nitrogens with zero attached hydrogens (tertiary/aromatic N) is 4. The molecule has 7 nitrogen and oxygen atoms in total. The van der Waals surface area contributed by atoms with E-state index in [-0.39, 0.29) is 18.5 Å². The van der Waals surface area contributed by atoms with Crippen molar-refractivity contribution in [3.63, 3.8) is 0 Å². The second kappa shape index (κ2) is 7.44. The Morgan fingerprint density at radius 1 is 1.23 bits per heavy atom. The number of hydrogen-bond acceptors (Lipinski definition) is 5. The molecule has 2 fully saturated rings. The molecule has 0 bridgehead atoms. The minimum Gasteiger partial charge on any atom is -0.391 e. The SMILES string of the molecule is O[C@@H]1C[C@H](c2cc(F)ccc2F)N(c2ccn3ncc(NC(=S)NC4CC4)c3n2)C1. The van der Waals surface area contributed by atoms with Gasteiger partial charge in [0.1, 0.15) is 23.1 Å². The zero-order valence-electron chi connectivity index (χ0n) is 15.9. The summed E-state index contributed by atoms with van der Waals surface area (Å²) < 4.78 is 29.8. The molecule has 2 aromatic heterocycles. The summed E-state index contributed by atoms with van der Waals surface area (Å²) >= 11 is 5.34. The van der Waals surface area contributed by atoms with Gasteiger partial charge in [-0.25, -0.2) is 18.3 Å². The fraction of sp³-hybridized carbons (Fsp3) is 0.350. The van der Waals surface area contributed by atoms with Crippen molar-refractivity contribution in [2.45, 2.75) is 37.5 Å². The Morgan fingerprint density at radius 3 is 2.87 bits per heavy atom. The van der Waals surface area contributed by atoms with E-state index in [1.807, 2.05) is 0 Å². The van der Waals surface area contributed by atoms with Crippen molar-refractivity contribution >= 4 is 34.5 Å². The molecule has 1 aliphatic heterocycles. The van der Waals surface area contributed by atoms with Gasteiger partial charge in [-0.2, -0.15) is 5.10 Å². The maximum atomic E-state index is 14.4. The van der Waals surface area contributed by atoms with E-state index in [1.54, 1.807) is 27.9 Å². The van der Waals surface area contributed by atoms with Crippen LogP contribution in [-0.2, 0) is 0 Å². The van der Waals surface area contributed by atoms with Crippen LogP contribution < -0.4 is 15.5 Å². The second-order valence-corrected chi connectivity index (χ2v) is 8.12. The van der Waals surface area contributed by atoms with E-state index in [4.69, 9.17) is 12.2 Å². The van der Waals surface area contributed by atoms with Crippen LogP contribution in [0.2, 0.25) is 0 Å². The molecule has 1 saturated heterocycles. The molecule has 0 radical (unpaired) electrons. The summed E-state index contributed by atoms with van der Waals surface area (Å²) in [5.74, 6) is -0.489. The van der Waals surface area contributed by atoms with Gasteiger partial charge in [0.2, 0.25) is 0 Å². The molecular weight excluding hydrogens is 410 g/mol. The van der Waals surface area contributed by atoms with Crippen LogP contribution in [0.3, 0.4) is 0 Å². The summed E-state index contributed by atoms with van der Waals surface area (Å²) in [5, 5.41) is 21.4. The van der Waals surface area contributed by atoms with Crippen LogP contribution in [0, 0.1) is 11.6 Å². The van der Waals surface area contributed by atoms with Crippen molar-refractivity contribution in [2.75, 3.05) is 16.8 Å². The average molecular weight is 430 g/mol. The van der Waals surface area contributed by atoms with Gasteiger partial charge in [-0.05, 0) is 55.7 Å². The molecule has 0 amide bonds. The van der Waals surface area contributed by atoms with E-state index < -0.39 is 23.8 Å². The molecule has 30 heavy (non-hydrogen) atoms. The third-order valence-electron chi connectivity index (χ3n) is 5.41. The van der Waals surface area contributed by atoms with Gasteiger partial charge in [-0.15, -0.1) is 0 Å². The van der Waals surface area contributed by atoms with E-state index in [1.165, 1.54) is 6.07 Å². The van der Waals surface area contributed by atoms with E-state index in [2.05, 4.69) is 20.7 Å². The number of halogens is 2. The summed E-state index contributed by atoms with van der Waals surface area (Å²) in [5.41, 5.74) is 1.39. The number of aliphatic hydroxyl groups excluding tert-OH is 1. The highest BCUT2D eigenvalue weighted by Gasteiger charge is 2.35. The number of aliphatic hydroxyl groups is 1. The lowest BCUT2D eigenvalue weighted by atomic mass is 10.0. The van der Waals surface area contributed by atoms with Crippen molar-refractivity contribution in [1.82, 2.24) is 19.9 Å². The first-order valence-corrected chi connectivity index (χ1v) is 10.2. The van der Waals surface area contributed by atoms with E-state index >= 15 is 0 Å². The third-order valence-corrected chi connectivity index (χ3v) is 5.63. The number of hydrogen-bond donors (Lipinski definition) is 3. The second-order valence-electron chi connectivity index (χ2n) is 7.71. The topological polar surface area (TPSA) is 77.7 Å². The first-order chi connectivity index (χ1) is 14.5. The average Bonchev–Trinajstić information content (AvgIpc) is 3.31. The predicted octanol–water partition coefficient (Wildman–Crippen LogP) is 2.77. The molecule has 3 heterocycles. The van der Waals surface area contributed by atoms with E-state index in [9.17, 15) is 13.9 Å². The Kier molecular flexibility index (Phi) is 4.75. The molecular formula is C20H20F2N6OS. The van der Waals surface area contributed by atoms with Crippen molar-refractivity contribution in [1.29, 1.82) is 0 Å². The van der Waals surface area contributed by atoms with Gasteiger partial charge in [0.25, 0.3) is 0 Å². The minimum atomic E-state index is -0.673. The third kappa shape index (κ3) is 3.68. The largest absolute Gasteiger partial charge is 0.391 e. The summed E-state index contributed by atoms with van der Waals surface area (Å²) in [7, 11) is 0. The zero-order chi connectivity index (χ0) is 20.8. The summed E-state index contributed by atoms with van der Waals surface area (Å²) in [6.45, 7) is 0.266. The van der Waals surface area contributed by atoms with Crippen LogP contribution in [0.1, 0.15) is 30.9 Å². The lowest BCUT2D eigenvalue weighted by Crippen LogP contribution is -2.30. The fourth-order valence-electron chi connectivity index (χ4n) is 3.81. The van der Waals surface area contributed by atoms with Crippen LogP contribution >= 0.6 is 12.2 Å². The quantitative estimate of drug-likeness (QED) is 0.550. The fourth-order valence-corrected chi connectivity index (χ4v) is 4.09. The predicted molar refractivity (Wildman–Crippen MR) is 112 cm³/mol. The smallest absolute Gasteiger partial charge is 0.180 e. The van der Waals surface area contributed by atoms with Crippen LogP contribution in [0.5, 0.6) is 0 Å². The minimum absolute atomic E-state index is 0.204. The van der Waals surface area contributed by atoms with Crippen molar-refractivity contribution in [2.24, 2.45) is 0 Å². The molecule has 1 aromatic carbocycles. The monoisotopic (exact) mass is 430 g/mol. The molecule has 2 aliphatic rings. The van der Waals surface area contributed by atoms with Crippen molar-refractivity contribution < 1.29 is 13.9 Å². The first-order valence-electron chi connectivity index (χ1n) is 9.79. The number of aromatic nitrogens is 3. The molecule has 0 spiro atoms. The van der Waals surface area contributed by atoms with E-state index in [0.717, 1.165) is 25.0 Å². The standard InChI is InChI=1S/C20H20F2N6OS/c21-11-1-4-15(22)14(7-11)17-8-13(29)10-27(17)18-5-6-28-19(26-18)16(9-23-28)25-20(30)24-12-2-3-12/h1,4-7,9,12-13,17,29H,2-3,8,10H2,(H2,24,25,30)/t13-,17-/m1/s1. The lowest BCUT2D eigenvalue weighted by Gasteiger charge is -2.26. The van der Waals surface area contributed by atoms with Gasteiger partial charge < -0.3 is 20.6 Å². The normalized spacial score (nSPS) is 21.2. The van der Waals surface area contributed by atoms with E-state index in [0.29, 0.717) is 28.3 Å². The Balaban J connectivity index is 1.47. The lowest BCUT2D eigenvalue weighted by molar-refractivity contribution is 0.194. The Morgan fingerprint density at radius 2 is 2.07 bits per heavy atom. The Bertz CT molecular complexity index is 1120. The number of rotatable bonds is 4. The number of fused-ring (bicyclic) bond motifs is 1. The number of thiocarbonyl (C=S) groups is 1. The summed E-state index contributed by atoms with van der Waals surface area (Å²) in [6, 6.07) is 5.01. The van der Waals surface area contributed by atoms with Gasteiger partial charge in [-0.1, -0.05) is 0 Å².